The SMILES string of the molecule is CN1C(=O)N(c2ccc(C#N)c(C(F)(F)F)c2)C(=O)C1(CO)c1ccc(OC(=O)OC(C)(C)C)cc1. The van der Waals surface area contributed by atoms with Crippen LogP contribution in [0.5, 0.6) is 5.75 Å². The molecule has 1 saturated heterocycles. The van der Waals surface area contributed by atoms with Gasteiger partial charge in [-0.3, -0.25) is 4.79 Å². The van der Waals surface area contributed by atoms with Crippen molar-refractivity contribution in [2.45, 2.75) is 38.1 Å². The van der Waals surface area contributed by atoms with Crippen molar-refractivity contribution in [1.82, 2.24) is 4.90 Å². The van der Waals surface area contributed by atoms with Crippen molar-refractivity contribution in [2.75, 3.05) is 18.6 Å². The minimum absolute atomic E-state index is 0.0549. The Hall–Kier alpha value is -4.11. The van der Waals surface area contributed by atoms with E-state index in [9.17, 15) is 32.7 Å². The molecule has 1 heterocycles. The quantitative estimate of drug-likeness (QED) is 0.376. The summed E-state index contributed by atoms with van der Waals surface area (Å²) in [6.45, 7) is 4.06. The fraction of sp³-hybridized carbons (Fsp3) is 0.333. The van der Waals surface area contributed by atoms with Crippen molar-refractivity contribution >= 4 is 23.8 Å². The van der Waals surface area contributed by atoms with Gasteiger partial charge in [0.15, 0.2) is 5.54 Å². The van der Waals surface area contributed by atoms with Crippen LogP contribution in [0, 0.1) is 11.3 Å². The van der Waals surface area contributed by atoms with Gasteiger partial charge in [-0.15, -0.1) is 0 Å². The van der Waals surface area contributed by atoms with E-state index in [1.165, 1.54) is 37.4 Å². The molecular formula is C24H22F3N3O6. The number of nitrogens with zero attached hydrogens (tertiary/aromatic N) is 3. The number of halogens is 3. The fourth-order valence-electron chi connectivity index (χ4n) is 3.71. The Morgan fingerprint density at radius 2 is 1.72 bits per heavy atom. The molecule has 190 valence electrons. The molecule has 2 aromatic carbocycles. The molecule has 9 nitrogen and oxygen atoms in total. The van der Waals surface area contributed by atoms with E-state index in [0.29, 0.717) is 11.0 Å². The summed E-state index contributed by atoms with van der Waals surface area (Å²) in [5.74, 6) is -0.949. The second kappa shape index (κ2) is 9.16. The normalized spacial score (nSPS) is 18.3. The maximum atomic E-state index is 13.5. The van der Waals surface area contributed by atoms with Gasteiger partial charge >= 0.3 is 18.4 Å². The number of anilines is 1. The van der Waals surface area contributed by atoms with Gasteiger partial charge in [0, 0.05) is 7.05 Å². The molecule has 0 radical (unpaired) electrons. The Bertz CT molecular complexity index is 1250. The van der Waals surface area contributed by atoms with Crippen LogP contribution < -0.4 is 9.64 Å². The van der Waals surface area contributed by atoms with E-state index in [4.69, 9.17) is 14.7 Å². The van der Waals surface area contributed by atoms with Crippen molar-refractivity contribution in [3.05, 3.63) is 59.2 Å². The molecule has 1 unspecified atom stereocenters. The Kier molecular flexibility index (Phi) is 6.74. The van der Waals surface area contributed by atoms with Gasteiger partial charge in [-0.25, -0.2) is 14.5 Å². The maximum absolute atomic E-state index is 13.5. The van der Waals surface area contributed by atoms with Crippen molar-refractivity contribution in [3.8, 4) is 11.8 Å². The Labute approximate surface area is 204 Å². The predicted octanol–water partition coefficient (Wildman–Crippen LogP) is 4.18. The Morgan fingerprint density at radius 1 is 1.11 bits per heavy atom. The van der Waals surface area contributed by atoms with Crippen molar-refractivity contribution < 1.29 is 42.1 Å². The second-order valence-electron chi connectivity index (χ2n) is 8.93. The first-order valence-electron chi connectivity index (χ1n) is 10.5. The number of carbonyl (C=O) groups is 3. The van der Waals surface area contributed by atoms with Gasteiger partial charge in [-0.05, 0) is 56.7 Å². The number of aliphatic hydroxyl groups is 1. The monoisotopic (exact) mass is 505 g/mol. The van der Waals surface area contributed by atoms with E-state index in [-0.39, 0.29) is 11.3 Å². The summed E-state index contributed by atoms with van der Waals surface area (Å²) < 4.78 is 50.5. The lowest BCUT2D eigenvalue weighted by Crippen LogP contribution is -2.48. The minimum atomic E-state index is -4.91. The highest BCUT2D eigenvalue weighted by Crippen LogP contribution is 2.41. The number of likely N-dealkylation sites (N-methyl/N-ethyl adjacent to an activating group) is 1. The highest BCUT2D eigenvalue weighted by molar-refractivity contribution is 6.23. The number of rotatable bonds is 4. The van der Waals surface area contributed by atoms with E-state index in [1.54, 1.807) is 20.8 Å². The van der Waals surface area contributed by atoms with Gasteiger partial charge in [0.2, 0.25) is 0 Å². The Morgan fingerprint density at radius 3 is 2.22 bits per heavy atom. The molecule has 1 fully saturated rings. The van der Waals surface area contributed by atoms with Crippen LogP contribution in [0.3, 0.4) is 0 Å². The number of imide groups is 1. The molecule has 2 aromatic rings. The number of benzene rings is 2. The maximum Gasteiger partial charge on any atom is 0.514 e. The first-order chi connectivity index (χ1) is 16.7. The highest BCUT2D eigenvalue weighted by Gasteiger charge is 2.57. The van der Waals surface area contributed by atoms with Crippen LogP contribution in [0.4, 0.5) is 28.4 Å². The van der Waals surface area contributed by atoms with Crippen LogP contribution in [0.15, 0.2) is 42.5 Å². The molecule has 3 rings (SSSR count). The molecule has 0 aliphatic carbocycles. The molecule has 36 heavy (non-hydrogen) atoms. The van der Waals surface area contributed by atoms with Gasteiger partial charge < -0.3 is 19.5 Å². The zero-order chi connectivity index (χ0) is 27.1. The molecule has 0 aromatic heterocycles. The first-order valence-corrected chi connectivity index (χ1v) is 10.5. The van der Waals surface area contributed by atoms with Crippen LogP contribution in [-0.4, -0.2) is 47.4 Å². The summed E-state index contributed by atoms with van der Waals surface area (Å²) in [4.78, 5) is 39.8. The molecule has 1 atom stereocenters. The van der Waals surface area contributed by atoms with E-state index < -0.39 is 58.8 Å². The van der Waals surface area contributed by atoms with E-state index in [0.717, 1.165) is 17.0 Å². The summed E-state index contributed by atoms with van der Waals surface area (Å²) in [6, 6.07) is 8.18. The summed E-state index contributed by atoms with van der Waals surface area (Å²) in [7, 11) is 1.22. The van der Waals surface area contributed by atoms with Gasteiger partial charge in [-0.2, -0.15) is 18.4 Å². The standard InChI is InChI=1S/C24H22F3N3O6/c1-22(2,3)36-21(34)35-17-9-6-15(7-10-17)23(13-31)19(32)30(20(33)29(23)4)16-8-5-14(12-28)18(11-16)24(25,26)27/h5-11,31H,13H2,1-4H3. The summed E-state index contributed by atoms with van der Waals surface area (Å²) in [6.07, 6.45) is -5.87. The number of amides is 3. The summed E-state index contributed by atoms with van der Waals surface area (Å²) in [5, 5.41) is 19.2. The highest BCUT2D eigenvalue weighted by atomic mass is 19.4. The number of alkyl halides is 3. The van der Waals surface area contributed by atoms with Gasteiger partial charge in [0.1, 0.15) is 11.4 Å². The van der Waals surface area contributed by atoms with Crippen molar-refractivity contribution in [1.29, 1.82) is 5.26 Å². The number of hydrogen-bond acceptors (Lipinski definition) is 7. The number of urea groups is 1. The van der Waals surface area contributed by atoms with Crippen LogP contribution in [0.1, 0.15) is 37.5 Å². The average Bonchev–Trinajstić information content (AvgIpc) is 2.97. The molecule has 1 aliphatic rings. The molecule has 3 amide bonds. The lowest BCUT2D eigenvalue weighted by atomic mass is 9.89. The summed E-state index contributed by atoms with van der Waals surface area (Å²) in [5.41, 5.74) is -5.03. The van der Waals surface area contributed by atoms with Gasteiger partial charge in [0.05, 0.1) is 29.5 Å². The van der Waals surface area contributed by atoms with Crippen molar-refractivity contribution in [2.24, 2.45) is 0 Å². The summed E-state index contributed by atoms with van der Waals surface area (Å²) >= 11 is 0. The third-order valence-corrected chi connectivity index (χ3v) is 5.45. The molecular weight excluding hydrogens is 483 g/mol. The zero-order valence-electron chi connectivity index (χ0n) is 19.7. The zero-order valence-corrected chi connectivity index (χ0v) is 19.7. The number of aliphatic hydroxyl groups excluding tert-OH is 1. The van der Waals surface area contributed by atoms with Gasteiger partial charge in [-0.1, -0.05) is 12.1 Å². The molecule has 1 N–H and O–H groups in total. The Balaban J connectivity index is 1.98. The van der Waals surface area contributed by atoms with Crippen LogP contribution in [0.25, 0.3) is 0 Å². The van der Waals surface area contributed by atoms with Crippen LogP contribution >= 0.6 is 0 Å². The lowest BCUT2D eigenvalue weighted by Gasteiger charge is -2.31. The molecule has 12 heteroatoms. The fourth-order valence-corrected chi connectivity index (χ4v) is 3.71. The second-order valence-corrected chi connectivity index (χ2v) is 8.93. The third-order valence-electron chi connectivity index (χ3n) is 5.45. The molecule has 0 spiro atoms. The van der Waals surface area contributed by atoms with Gasteiger partial charge in [0.25, 0.3) is 5.91 Å². The number of hydrogen-bond donors (Lipinski definition) is 1. The number of ether oxygens (including phenoxy) is 2. The molecule has 1 aliphatic heterocycles. The van der Waals surface area contributed by atoms with E-state index >= 15 is 0 Å². The smallest absolute Gasteiger partial charge is 0.428 e. The third kappa shape index (κ3) is 4.70. The number of carbonyl (C=O) groups excluding carboxylic acids is 3. The average molecular weight is 505 g/mol. The predicted molar refractivity (Wildman–Crippen MR) is 119 cm³/mol. The molecule has 0 bridgehead atoms. The van der Waals surface area contributed by atoms with Crippen LogP contribution in [-0.2, 0) is 21.2 Å². The van der Waals surface area contributed by atoms with Crippen LogP contribution in [0.2, 0.25) is 0 Å². The molecule has 0 saturated carbocycles. The number of nitriles is 1. The van der Waals surface area contributed by atoms with Crippen molar-refractivity contribution in [3.63, 3.8) is 0 Å². The van der Waals surface area contributed by atoms with E-state index in [1.807, 2.05) is 0 Å². The largest absolute Gasteiger partial charge is 0.514 e. The van der Waals surface area contributed by atoms with E-state index in [2.05, 4.69) is 0 Å². The first kappa shape index (κ1) is 26.5. The minimum Gasteiger partial charge on any atom is -0.428 e. The lowest BCUT2D eigenvalue weighted by molar-refractivity contribution is -0.137. The topological polar surface area (TPSA) is 120 Å².